The maximum atomic E-state index is 14.5. The number of aromatic hydroxyl groups is 1. The number of aliphatic hydroxyl groups is 3. The minimum Gasteiger partial charge on any atom is -0.511 e. The van der Waals surface area contributed by atoms with Crippen LogP contribution in [0.3, 0.4) is 0 Å². The first-order valence-corrected chi connectivity index (χ1v) is 16.1. The van der Waals surface area contributed by atoms with E-state index in [-0.39, 0.29) is 54.4 Å². The van der Waals surface area contributed by atoms with Crippen LogP contribution >= 0.6 is 0 Å². The van der Waals surface area contributed by atoms with Crippen molar-refractivity contribution in [1.82, 2.24) is 0 Å². The molecule has 5 rings (SSSR count). The second kappa shape index (κ2) is 11.5. The van der Waals surface area contributed by atoms with E-state index in [0.29, 0.717) is 16.9 Å². The molecule has 47 heavy (non-hydrogen) atoms. The summed E-state index contributed by atoms with van der Waals surface area (Å²) in [6, 6.07) is 8.83. The molecular weight excluding hydrogens is 600 g/mol. The molecule has 0 aromatic heterocycles. The molecule has 2 aromatic rings. The van der Waals surface area contributed by atoms with Gasteiger partial charge in [-0.2, -0.15) is 0 Å². The van der Waals surface area contributed by atoms with Crippen LogP contribution in [0.15, 0.2) is 53.0 Å². The van der Waals surface area contributed by atoms with E-state index in [2.05, 4.69) is 0 Å². The van der Waals surface area contributed by atoms with Crippen molar-refractivity contribution in [3.63, 3.8) is 0 Å². The molecule has 0 saturated heterocycles. The standard InChI is InChI=1S/C38H44O9/c1-18(2)24-15-22(11-14-26(40)47-23-12-9-20(5)10-13-23)31(41)28-25(24)16-36(7)17-37(8)29(19(3)4)32(42)27(21(6)39)34(44)38(37,46)35(45)30(36)33(28)43/h9-10,12-13,15,18-19,29,41-42,45-46H,11,14,16-17H2,1-8H3/t29?,36-,37-,38+/m1/s1. The van der Waals surface area contributed by atoms with Crippen LogP contribution in [0.5, 0.6) is 11.5 Å². The second-order valence-electron chi connectivity index (χ2n) is 14.7. The van der Waals surface area contributed by atoms with Crippen LogP contribution in [-0.4, -0.2) is 49.3 Å². The summed E-state index contributed by atoms with van der Waals surface area (Å²) in [5.74, 6) is -5.70. The van der Waals surface area contributed by atoms with Crippen molar-refractivity contribution in [2.75, 3.05) is 0 Å². The van der Waals surface area contributed by atoms with Crippen molar-refractivity contribution in [3.05, 3.63) is 80.8 Å². The quantitative estimate of drug-likeness (QED) is 0.154. The van der Waals surface area contributed by atoms with E-state index in [9.17, 15) is 39.6 Å². The van der Waals surface area contributed by atoms with Gasteiger partial charge in [0.15, 0.2) is 17.2 Å². The predicted octanol–water partition coefficient (Wildman–Crippen LogP) is 6.32. The summed E-state index contributed by atoms with van der Waals surface area (Å²) < 4.78 is 5.45. The number of carbonyl (C=O) groups is 4. The largest absolute Gasteiger partial charge is 0.511 e. The number of aryl methyl sites for hydroxylation is 2. The fourth-order valence-electron chi connectivity index (χ4n) is 8.62. The van der Waals surface area contributed by atoms with Crippen LogP contribution < -0.4 is 4.74 Å². The smallest absolute Gasteiger partial charge is 0.311 e. The van der Waals surface area contributed by atoms with Crippen molar-refractivity contribution < 1.29 is 44.3 Å². The molecule has 9 heteroatoms. The van der Waals surface area contributed by atoms with Crippen molar-refractivity contribution in [1.29, 1.82) is 0 Å². The fourth-order valence-corrected chi connectivity index (χ4v) is 8.62. The number of Topliss-reactive ketones (excluding diaryl/α,β-unsaturated/α-hetero) is 3. The Balaban J connectivity index is 1.63. The lowest BCUT2D eigenvalue weighted by Crippen LogP contribution is -2.67. The molecule has 0 radical (unpaired) electrons. The maximum absolute atomic E-state index is 14.5. The zero-order chi connectivity index (χ0) is 35.0. The van der Waals surface area contributed by atoms with Crippen LogP contribution in [-0.2, 0) is 27.2 Å². The number of benzene rings is 2. The van der Waals surface area contributed by atoms with Gasteiger partial charge in [0.1, 0.15) is 28.6 Å². The van der Waals surface area contributed by atoms with E-state index in [1.807, 2.05) is 32.9 Å². The highest BCUT2D eigenvalue weighted by Crippen LogP contribution is 2.65. The highest BCUT2D eigenvalue weighted by Gasteiger charge is 2.71. The van der Waals surface area contributed by atoms with Crippen LogP contribution in [0.1, 0.15) is 99.8 Å². The molecule has 0 aliphatic heterocycles. The van der Waals surface area contributed by atoms with Gasteiger partial charge in [0.05, 0.1) is 12.0 Å². The number of ether oxygens (including phenoxy) is 1. The average molecular weight is 645 g/mol. The SMILES string of the molecule is CC(=O)C1=C(O)C(C(C)C)[C@@]2(C)C[C@@]3(C)Cc4c(C(C)C)cc(CCC(=O)Oc5ccc(C)cc5)c(O)c4C(=O)C3=C(O)[C@@]2(O)C1=O. The summed E-state index contributed by atoms with van der Waals surface area (Å²) in [5.41, 5.74) is -3.35. The highest BCUT2D eigenvalue weighted by molar-refractivity contribution is 6.25. The predicted molar refractivity (Wildman–Crippen MR) is 174 cm³/mol. The highest BCUT2D eigenvalue weighted by atomic mass is 16.5. The van der Waals surface area contributed by atoms with Crippen molar-refractivity contribution in [2.24, 2.45) is 22.7 Å². The normalized spacial score (nSPS) is 27.2. The Morgan fingerprint density at radius 2 is 1.64 bits per heavy atom. The summed E-state index contributed by atoms with van der Waals surface area (Å²) in [5, 5.41) is 47.1. The Morgan fingerprint density at radius 1 is 1.02 bits per heavy atom. The van der Waals surface area contributed by atoms with Crippen LogP contribution in [0.25, 0.3) is 0 Å². The third kappa shape index (κ3) is 5.01. The number of allylic oxidation sites excluding steroid dienone is 2. The molecule has 0 spiro atoms. The number of aliphatic hydroxyl groups excluding tert-OH is 2. The summed E-state index contributed by atoms with van der Waals surface area (Å²) in [4.78, 5) is 53.8. The molecule has 250 valence electrons. The molecule has 4 atom stereocenters. The third-order valence-corrected chi connectivity index (χ3v) is 10.6. The maximum Gasteiger partial charge on any atom is 0.311 e. The number of hydrogen-bond acceptors (Lipinski definition) is 9. The van der Waals surface area contributed by atoms with Crippen LogP contribution in [0.2, 0.25) is 0 Å². The lowest BCUT2D eigenvalue weighted by Gasteiger charge is -2.59. The Morgan fingerprint density at radius 3 is 2.19 bits per heavy atom. The molecule has 9 nitrogen and oxygen atoms in total. The van der Waals surface area contributed by atoms with Crippen molar-refractivity contribution in [3.8, 4) is 11.5 Å². The third-order valence-electron chi connectivity index (χ3n) is 10.6. The Labute approximate surface area is 275 Å². The first-order valence-electron chi connectivity index (χ1n) is 16.1. The van der Waals surface area contributed by atoms with Crippen LogP contribution in [0.4, 0.5) is 0 Å². The number of phenols is 1. The van der Waals surface area contributed by atoms with E-state index >= 15 is 0 Å². The van der Waals surface area contributed by atoms with E-state index in [0.717, 1.165) is 18.1 Å². The molecule has 0 heterocycles. The van der Waals surface area contributed by atoms with Crippen molar-refractivity contribution >= 4 is 23.3 Å². The second-order valence-corrected chi connectivity index (χ2v) is 14.7. The van der Waals surface area contributed by atoms with Gasteiger partial charge in [-0.15, -0.1) is 0 Å². The molecule has 0 saturated carbocycles. The minimum atomic E-state index is -2.68. The van der Waals surface area contributed by atoms with E-state index in [1.54, 1.807) is 45.9 Å². The number of phenolic OH excluding ortho intramolecular Hbond substituents is 1. The van der Waals surface area contributed by atoms with E-state index in [4.69, 9.17) is 4.74 Å². The molecule has 0 fully saturated rings. The first-order chi connectivity index (χ1) is 21.8. The lowest BCUT2D eigenvalue weighted by molar-refractivity contribution is -0.171. The lowest BCUT2D eigenvalue weighted by atomic mass is 9.44. The Hall–Kier alpha value is -4.24. The molecule has 3 aliphatic rings. The number of carbonyl (C=O) groups excluding carboxylic acids is 4. The fraction of sp³-hybridized carbons (Fsp3) is 0.474. The average Bonchev–Trinajstić information content (AvgIpc) is 2.95. The number of ketones is 3. The molecule has 4 N–H and O–H groups in total. The minimum absolute atomic E-state index is 0.0236. The topological polar surface area (TPSA) is 158 Å². The summed E-state index contributed by atoms with van der Waals surface area (Å²) in [7, 11) is 0. The molecular formula is C38H44O9. The van der Waals surface area contributed by atoms with Crippen LogP contribution in [0, 0.1) is 29.6 Å². The number of fused-ring (bicyclic) bond motifs is 3. The van der Waals surface area contributed by atoms with Gasteiger partial charge in [-0.1, -0.05) is 65.3 Å². The van der Waals surface area contributed by atoms with Gasteiger partial charge in [0, 0.05) is 22.3 Å². The summed E-state index contributed by atoms with van der Waals surface area (Å²) in [6.45, 7) is 13.9. The van der Waals surface area contributed by atoms with Gasteiger partial charge in [-0.25, -0.2) is 0 Å². The molecule has 2 aromatic carbocycles. The zero-order valence-corrected chi connectivity index (χ0v) is 28.3. The van der Waals surface area contributed by atoms with Crippen molar-refractivity contribution in [2.45, 2.75) is 92.6 Å². The number of hydrogen-bond donors (Lipinski definition) is 4. The Bertz CT molecular complexity index is 1780. The summed E-state index contributed by atoms with van der Waals surface area (Å²) >= 11 is 0. The molecule has 1 unspecified atom stereocenters. The molecule has 0 amide bonds. The number of rotatable bonds is 7. The van der Waals surface area contributed by atoms with E-state index in [1.165, 1.54) is 0 Å². The van der Waals surface area contributed by atoms with Gasteiger partial charge in [0.25, 0.3) is 0 Å². The first kappa shape index (κ1) is 34.1. The van der Waals surface area contributed by atoms with Gasteiger partial charge in [-0.3, -0.25) is 19.2 Å². The molecule has 3 aliphatic carbocycles. The monoisotopic (exact) mass is 644 g/mol. The van der Waals surface area contributed by atoms with Gasteiger partial charge < -0.3 is 25.2 Å². The summed E-state index contributed by atoms with van der Waals surface area (Å²) in [6.07, 6.45) is 0.209. The Kier molecular flexibility index (Phi) is 8.33. The molecule has 0 bridgehead atoms. The van der Waals surface area contributed by atoms with Gasteiger partial charge in [0.2, 0.25) is 5.78 Å². The van der Waals surface area contributed by atoms with Gasteiger partial charge >= 0.3 is 5.97 Å². The number of esters is 1. The van der Waals surface area contributed by atoms with E-state index < -0.39 is 62.8 Å². The van der Waals surface area contributed by atoms with Gasteiger partial charge in [-0.05, 0) is 73.8 Å². The zero-order valence-electron chi connectivity index (χ0n) is 28.3.